The van der Waals surface area contributed by atoms with Gasteiger partial charge in [0.25, 0.3) is 17.2 Å². The van der Waals surface area contributed by atoms with Crippen molar-refractivity contribution in [1.82, 2.24) is 4.90 Å². The molecule has 2 aromatic carbocycles. The molecule has 0 aromatic heterocycles. The van der Waals surface area contributed by atoms with Crippen molar-refractivity contribution in [3.05, 3.63) is 81.5 Å². The lowest BCUT2D eigenvalue weighted by Crippen LogP contribution is -2.65. The van der Waals surface area contributed by atoms with Gasteiger partial charge in [-0.1, -0.05) is 43.3 Å². The number of hydrogen-bond donors (Lipinski definition) is 0. The number of nitrogens with zero attached hydrogens (tertiary/aromatic N) is 2. The third kappa shape index (κ3) is 4.27. The average Bonchev–Trinajstić information content (AvgIpc) is 3.32. The van der Waals surface area contributed by atoms with Gasteiger partial charge in [0.2, 0.25) is 0 Å². The minimum Gasteiger partial charge on any atom is -0.463 e. The van der Waals surface area contributed by atoms with Gasteiger partial charge in [0.1, 0.15) is 5.75 Å². The number of amides is 1. The smallest absolute Gasteiger partial charge is 0.361 e. The molecule has 3 aliphatic rings. The first-order valence-corrected chi connectivity index (χ1v) is 13.6. The van der Waals surface area contributed by atoms with Crippen LogP contribution in [0, 0.1) is 15.5 Å². The molecule has 5 rings (SSSR count). The van der Waals surface area contributed by atoms with Crippen molar-refractivity contribution in [3.63, 3.8) is 0 Å². The van der Waals surface area contributed by atoms with E-state index >= 15 is 0 Å². The highest BCUT2D eigenvalue weighted by Crippen LogP contribution is 2.61. The molecule has 39 heavy (non-hydrogen) atoms. The van der Waals surface area contributed by atoms with Gasteiger partial charge in [0.15, 0.2) is 0 Å². The summed E-state index contributed by atoms with van der Waals surface area (Å²) in [7, 11) is 0. The Balaban J connectivity index is 1.76. The number of nitro benzene ring substituents is 1. The molecule has 1 amide bonds. The van der Waals surface area contributed by atoms with Gasteiger partial charge in [-0.25, -0.2) is 4.79 Å². The van der Waals surface area contributed by atoms with Gasteiger partial charge in [0, 0.05) is 41.5 Å². The van der Waals surface area contributed by atoms with Crippen molar-refractivity contribution < 1.29 is 28.7 Å². The Morgan fingerprint density at radius 2 is 1.85 bits per heavy atom. The fourth-order valence-corrected chi connectivity index (χ4v) is 6.77. The lowest BCUT2D eigenvalue weighted by molar-refractivity contribution is -0.385. The van der Waals surface area contributed by atoms with E-state index in [1.54, 1.807) is 60.4 Å². The fraction of sp³-hybridized carbons (Fsp3) is 0.414. The number of rotatable bonds is 7. The Labute approximate surface area is 231 Å². The second-order valence-corrected chi connectivity index (χ2v) is 10.4. The third-order valence-electron chi connectivity index (χ3n) is 8.19. The van der Waals surface area contributed by atoms with Gasteiger partial charge in [-0.3, -0.25) is 14.9 Å². The first-order chi connectivity index (χ1) is 18.8. The van der Waals surface area contributed by atoms with E-state index in [1.807, 2.05) is 0 Å². The maximum Gasteiger partial charge on any atom is 0.361 e. The molecule has 2 aromatic rings. The molecule has 1 unspecified atom stereocenters. The van der Waals surface area contributed by atoms with Crippen LogP contribution in [0.4, 0.5) is 5.69 Å². The van der Waals surface area contributed by atoms with Crippen molar-refractivity contribution in [2.45, 2.75) is 57.5 Å². The Morgan fingerprint density at radius 3 is 2.54 bits per heavy atom. The number of allylic oxidation sites excluding steroid dienone is 1. The van der Waals surface area contributed by atoms with Crippen molar-refractivity contribution in [2.75, 3.05) is 13.2 Å². The van der Waals surface area contributed by atoms with Crippen LogP contribution in [0.15, 0.2) is 65.9 Å². The largest absolute Gasteiger partial charge is 0.463 e. The van der Waals surface area contributed by atoms with E-state index < -0.39 is 33.6 Å². The van der Waals surface area contributed by atoms with Crippen LogP contribution < -0.4 is 4.74 Å². The van der Waals surface area contributed by atoms with Gasteiger partial charge < -0.3 is 19.1 Å². The van der Waals surface area contributed by atoms with Crippen LogP contribution in [0.3, 0.4) is 0 Å². The lowest BCUT2D eigenvalue weighted by Gasteiger charge is -2.50. The van der Waals surface area contributed by atoms with E-state index in [1.165, 1.54) is 6.07 Å². The summed E-state index contributed by atoms with van der Waals surface area (Å²) in [6.45, 7) is 4.09. The van der Waals surface area contributed by atoms with Crippen LogP contribution in [-0.4, -0.2) is 45.7 Å². The number of hydrogen-bond acceptors (Lipinski definition) is 8. The first kappa shape index (κ1) is 26.8. The highest BCUT2D eigenvalue weighted by Gasteiger charge is 2.68. The summed E-state index contributed by atoms with van der Waals surface area (Å²) in [6, 6.07) is 14.8. The Morgan fingerprint density at radius 1 is 1.13 bits per heavy atom. The molecule has 0 N–H and O–H groups in total. The molecule has 3 atom stereocenters. The summed E-state index contributed by atoms with van der Waals surface area (Å²) in [6.07, 6.45) is 3.80. The number of piperidine rings is 1. The second kappa shape index (κ2) is 10.4. The number of esters is 1. The summed E-state index contributed by atoms with van der Waals surface area (Å²) < 4.78 is 17.4. The van der Waals surface area contributed by atoms with Gasteiger partial charge in [-0.2, -0.15) is 0 Å². The number of carbonyl (C=O) groups excluding carboxylic acids is 2. The predicted octanol–water partition coefficient (Wildman–Crippen LogP) is 5.44. The molecule has 0 radical (unpaired) electrons. The van der Waals surface area contributed by atoms with E-state index in [2.05, 4.69) is 6.92 Å². The maximum absolute atomic E-state index is 14.6. The summed E-state index contributed by atoms with van der Waals surface area (Å²) in [5.74, 6) is -2.36. The highest BCUT2D eigenvalue weighted by atomic mass is 32.1. The van der Waals surface area contributed by atoms with Gasteiger partial charge in [0.05, 0.1) is 17.4 Å². The van der Waals surface area contributed by atoms with Crippen LogP contribution >= 0.6 is 12.2 Å². The van der Waals surface area contributed by atoms with E-state index in [0.717, 1.165) is 37.0 Å². The zero-order chi connectivity index (χ0) is 27.8. The van der Waals surface area contributed by atoms with Crippen molar-refractivity contribution in [3.8, 4) is 5.75 Å². The summed E-state index contributed by atoms with van der Waals surface area (Å²) in [5.41, 5.74) is -0.954. The number of ether oxygens (including phenoxy) is 3. The van der Waals surface area contributed by atoms with Crippen molar-refractivity contribution >= 4 is 35.0 Å². The zero-order valence-electron chi connectivity index (χ0n) is 21.9. The lowest BCUT2D eigenvalue weighted by atomic mass is 9.68. The molecule has 0 saturated carbocycles. The number of carbonyl (C=O) groups is 2. The molecule has 2 heterocycles. The first-order valence-electron chi connectivity index (χ1n) is 13.2. The molecular formula is C29H30N2O7S. The molecule has 1 fully saturated rings. The minimum absolute atomic E-state index is 0.0298. The Hall–Kier alpha value is -3.79. The van der Waals surface area contributed by atoms with E-state index in [-0.39, 0.29) is 23.3 Å². The normalized spacial score (nSPS) is 25.6. The van der Waals surface area contributed by atoms with Crippen LogP contribution in [0.5, 0.6) is 5.75 Å². The number of nitro groups is 1. The Bertz CT molecular complexity index is 1360. The molecule has 10 heteroatoms. The number of thiocarbonyl (C=S) groups is 1. The van der Waals surface area contributed by atoms with Gasteiger partial charge in [-0.15, -0.1) is 0 Å². The highest BCUT2D eigenvalue weighted by molar-refractivity contribution is 7.79. The topological polar surface area (TPSA) is 108 Å². The maximum atomic E-state index is 14.6. The number of para-hydroxylation sites is 2. The zero-order valence-corrected chi connectivity index (χ0v) is 22.7. The SMILES string of the molecule is CCOC(=O)C1(OC(=S)Oc2ccccc2)C(=O)N2CCC[C@]3(CC)CCC(=C23)[C@H]1c1ccccc1[N+](=O)[O-]. The molecule has 2 aliphatic heterocycles. The molecule has 0 spiro atoms. The minimum atomic E-state index is -2.34. The summed E-state index contributed by atoms with van der Waals surface area (Å²) >= 11 is 5.44. The molecule has 0 bridgehead atoms. The van der Waals surface area contributed by atoms with Crippen molar-refractivity contribution in [1.29, 1.82) is 0 Å². The third-order valence-corrected chi connectivity index (χ3v) is 8.36. The molecule has 9 nitrogen and oxygen atoms in total. The standard InChI is InChI=1S/C29H30N2O7S/c1-3-28-16-10-18-30-24(28)21(15-17-28)23(20-13-8-9-14-22(20)31(34)35)29(25(30)32,26(33)36-4-2)38-27(39)37-19-11-6-5-7-12-19/h5-9,11-14,23H,3-4,10,15-18H2,1-2H3/t23-,28-,29?/m1/s1. The molecule has 1 saturated heterocycles. The van der Waals surface area contributed by atoms with E-state index in [4.69, 9.17) is 26.4 Å². The van der Waals surface area contributed by atoms with Crippen LogP contribution in [0.2, 0.25) is 0 Å². The van der Waals surface area contributed by atoms with E-state index in [9.17, 15) is 19.7 Å². The summed E-state index contributed by atoms with van der Waals surface area (Å²) in [5, 5.41) is 11.8. The summed E-state index contributed by atoms with van der Waals surface area (Å²) in [4.78, 5) is 41.9. The van der Waals surface area contributed by atoms with Crippen LogP contribution in [0.25, 0.3) is 0 Å². The second-order valence-electron chi connectivity index (χ2n) is 10.0. The molecule has 204 valence electrons. The fourth-order valence-electron chi connectivity index (χ4n) is 6.55. The average molecular weight is 551 g/mol. The van der Waals surface area contributed by atoms with Crippen molar-refractivity contribution in [2.24, 2.45) is 5.41 Å². The monoisotopic (exact) mass is 550 g/mol. The van der Waals surface area contributed by atoms with Crippen LogP contribution in [0.1, 0.15) is 57.4 Å². The molecular weight excluding hydrogens is 520 g/mol. The number of benzene rings is 2. The predicted molar refractivity (Wildman–Crippen MR) is 146 cm³/mol. The van der Waals surface area contributed by atoms with Gasteiger partial charge in [-0.05, 0) is 56.7 Å². The van der Waals surface area contributed by atoms with Gasteiger partial charge >= 0.3 is 11.2 Å². The molecule has 1 aliphatic carbocycles. The Kier molecular flexibility index (Phi) is 7.15. The van der Waals surface area contributed by atoms with Crippen LogP contribution in [-0.2, 0) is 19.1 Å². The quantitative estimate of drug-likeness (QED) is 0.147. The van der Waals surface area contributed by atoms with E-state index in [0.29, 0.717) is 18.7 Å².